The van der Waals surface area contributed by atoms with Crippen molar-refractivity contribution in [3.8, 4) is 0 Å². The second kappa shape index (κ2) is 5.41. The second-order valence-corrected chi connectivity index (χ2v) is 6.07. The van der Waals surface area contributed by atoms with E-state index in [1.807, 2.05) is 0 Å². The van der Waals surface area contributed by atoms with Crippen molar-refractivity contribution < 1.29 is 0 Å². The Morgan fingerprint density at radius 3 is 1.60 bits per heavy atom. The van der Waals surface area contributed by atoms with Crippen LogP contribution < -0.4 is 5.73 Å². The lowest BCUT2D eigenvalue weighted by atomic mass is 9.86. The number of hydrogen-bond acceptors (Lipinski definition) is 1. The molecule has 20 heavy (non-hydrogen) atoms. The maximum Gasteiger partial charge on any atom is 0.0557 e. The van der Waals surface area contributed by atoms with Gasteiger partial charge in [0.15, 0.2) is 0 Å². The highest BCUT2D eigenvalue weighted by Gasteiger charge is 2.17. The molecule has 0 aliphatic rings. The average molecular weight is 267 g/mol. The molecule has 0 aliphatic heterocycles. The monoisotopic (exact) mass is 267 g/mol. The zero-order valence-electron chi connectivity index (χ0n) is 13.5. The first-order valence-electron chi connectivity index (χ1n) is 7.22. The van der Waals surface area contributed by atoms with E-state index in [1.54, 1.807) is 0 Å². The van der Waals surface area contributed by atoms with Crippen LogP contribution in [0.5, 0.6) is 0 Å². The van der Waals surface area contributed by atoms with Gasteiger partial charge in [-0.05, 0) is 74.9 Å². The quantitative estimate of drug-likeness (QED) is 0.846. The van der Waals surface area contributed by atoms with E-state index in [4.69, 9.17) is 5.73 Å². The summed E-state index contributed by atoms with van der Waals surface area (Å²) in [7, 11) is 0. The minimum Gasteiger partial charge on any atom is -0.320 e. The molecule has 2 aromatic carbocycles. The standard InChI is InChI=1S/C19H25N/c1-11-7-12(2)9-17(8-11)19(20)18-15(5)13(3)10-14(4)16(18)6/h7-10,19H,20H2,1-6H3. The Balaban J connectivity index is 2.61. The maximum absolute atomic E-state index is 6.59. The molecule has 1 atom stereocenters. The van der Waals surface area contributed by atoms with Crippen molar-refractivity contribution in [2.45, 2.75) is 47.6 Å². The van der Waals surface area contributed by atoms with Crippen LogP contribution in [0.2, 0.25) is 0 Å². The van der Waals surface area contributed by atoms with E-state index in [9.17, 15) is 0 Å². The highest BCUT2D eigenvalue weighted by atomic mass is 14.6. The lowest BCUT2D eigenvalue weighted by molar-refractivity contribution is 0.842. The van der Waals surface area contributed by atoms with Crippen molar-refractivity contribution in [1.29, 1.82) is 0 Å². The van der Waals surface area contributed by atoms with E-state index in [0.717, 1.165) is 0 Å². The molecule has 1 unspecified atom stereocenters. The van der Waals surface area contributed by atoms with Crippen LogP contribution in [0.3, 0.4) is 0 Å². The molecule has 0 aliphatic carbocycles. The molecular weight excluding hydrogens is 242 g/mol. The van der Waals surface area contributed by atoms with Gasteiger partial charge in [-0.3, -0.25) is 0 Å². The van der Waals surface area contributed by atoms with Crippen LogP contribution in [0.25, 0.3) is 0 Å². The Hall–Kier alpha value is -1.60. The molecule has 0 saturated heterocycles. The molecule has 0 bridgehead atoms. The Morgan fingerprint density at radius 2 is 1.15 bits per heavy atom. The SMILES string of the molecule is Cc1cc(C)cc(C(N)c2c(C)c(C)cc(C)c2C)c1. The number of aryl methyl sites for hydroxylation is 4. The van der Waals surface area contributed by atoms with E-state index < -0.39 is 0 Å². The third-order valence-electron chi connectivity index (χ3n) is 4.34. The molecular formula is C19H25N. The summed E-state index contributed by atoms with van der Waals surface area (Å²) < 4.78 is 0. The van der Waals surface area contributed by atoms with Crippen molar-refractivity contribution >= 4 is 0 Å². The van der Waals surface area contributed by atoms with Gasteiger partial charge >= 0.3 is 0 Å². The Morgan fingerprint density at radius 1 is 0.700 bits per heavy atom. The van der Waals surface area contributed by atoms with Gasteiger partial charge in [-0.25, -0.2) is 0 Å². The van der Waals surface area contributed by atoms with Gasteiger partial charge < -0.3 is 5.73 Å². The molecule has 1 heteroatoms. The van der Waals surface area contributed by atoms with Crippen molar-refractivity contribution in [3.05, 3.63) is 68.8 Å². The van der Waals surface area contributed by atoms with Gasteiger partial charge in [-0.1, -0.05) is 35.4 Å². The summed E-state index contributed by atoms with van der Waals surface area (Å²) in [5, 5.41) is 0. The highest BCUT2D eigenvalue weighted by Crippen LogP contribution is 2.30. The van der Waals surface area contributed by atoms with E-state index in [1.165, 1.54) is 44.5 Å². The molecule has 2 rings (SSSR count). The lowest BCUT2D eigenvalue weighted by Gasteiger charge is -2.22. The molecule has 0 spiro atoms. The fourth-order valence-electron chi connectivity index (χ4n) is 3.07. The Labute approximate surface area is 122 Å². The molecule has 0 aromatic heterocycles. The van der Waals surface area contributed by atoms with Gasteiger partial charge in [0, 0.05) is 0 Å². The van der Waals surface area contributed by atoms with Crippen LogP contribution in [0.15, 0.2) is 24.3 Å². The van der Waals surface area contributed by atoms with Gasteiger partial charge in [0.1, 0.15) is 0 Å². The van der Waals surface area contributed by atoms with Crippen LogP contribution in [-0.2, 0) is 0 Å². The van der Waals surface area contributed by atoms with Gasteiger partial charge in [0.25, 0.3) is 0 Å². The maximum atomic E-state index is 6.59. The predicted molar refractivity (Wildman–Crippen MR) is 87.3 cm³/mol. The van der Waals surface area contributed by atoms with Crippen LogP contribution in [0.4, 0.5) is 0 Å². The first kappa shape index (κ1) is 14.8. The zero-order valence-corrected chi connectivity index (χ0v) is 13.5. The van der Waals surface area contributed by atoms with E-state index >= 15 is 0 Å². The third-order valence-corrected chi connectivity index (χ3v) is 4.34. The Kier molecular flexibility index (Phi) is 4.01. The summed E-state index contributed by atoms with van der Waals surface area (Å²) in [4.78, 5) is 0. The first-order valence-corrected chi connectivity index (χ1v) is 7.22. The van der Waals surface area contributed by atoms with Crippen molar-refractivity contribution in [2.75, 3.05) is 0 Å². The summed E-state index contributed by atoms with van der Waals surface area (Å²) in [6.07, 6.45) is 0. The minimum absolute atomic E-state index is 0.0489. The molecule has 0 fully saturated rings. The zero-order chi connectivity index (χ0) is 15.0. The van der Waals surface area contributed by atoms with Crippen LogP contribution in [0, 0.1) is 41.5 Å². The van der Waals surface area contributed by atoms with Gasteiger partial charge in [0.2, 0.25) is 0 Å². The fraction of sp³-hybridized carbons (Fsp3) is 0.368. The lowest BCUT2D eigenvalue weighted by Crippen LogP contribution is -2.16. The van der Waals surface area contributed by atoms with Crippen LogP contribution in [-0.4, -0.2) is 0 Å². The van der Waals surface area contributed by atoms with Gasteiger partial charge in [0.05, 0.1) is 6.04 Å². The molecule has 1 nitrogen and oxygen atoms in total. The first-order chi connectivity index (χ1) is 9.31. The molecule has 106 valence electrons. The van der Waals surface area contributed by atoms with Crippen molar-refractivity contribution in [1.82, 2.24) is 0 Å². The van der Waals surface area contributed by atoms with Crippen molar-refractivity contribution in [3.63, 3.8) is 0 Å². The van der Waals surface area contributed by atoms with Crippen molar-refractivity contribution in [2.24, 2.45) is 5.73 Å². The third kappa shape index (κ3) is 2.64. The molecule has 0 radical (unpaired) electrons. The summed E-state index contributed by atoms with van der Waals surface area (Å²) in [5.74, 6) is 0. The summed E-state index contributed by atoms with van der Waals surface area (Å²) in [6.45, 7) is 13.0. The van der Waals surface area contributed by atoms with Crippen LogP contribution >= 0.6 is 0 Å². The largest absolute Gasteiger partial charge is 0.320 e. The van der Waals surface area contributed by atoms with E-state index in [0.29, 0.717) is 0 Å². The molecule has 0 amide bonds. The summed E-state index contributed by atoms with van der Waals surface area (Å²) >= 11 is 0. The second-order valence-electron chi connectivity index (χ2n) is 6.07. The predicted octanol–water partition coefficient (Wildman–Crippen LogP) is 4.59. The fourth-order valence-corrected chi connectivity index (χ4v) is 3.07. The summed E-state index contributed by atoms with van der Waals surface area (Å²) in [5.41, 5.74) is 16.9. The van der Waals surface area contributed by atoms with Crippen LogP contribution in [0.1, 0.15) is 50.5 Å². The molecule has 2 aromatic rings. The smallest absolute Gasteiger partial charge is 0.0557 e. The van der Waals surface area contributed by atoms with E-state index in [2.05, 4.69) is 65.8 Å². The minimum atomic E-state index is -0.0489. The number of rotatable bonds is 2. The molecule has 0 saturated carbocycles. The summed E-state index contributed by atoms with van der Waals surface area (Å²) in [6, 6.07) is 8.80. The van der Waals surface area contributed by atoms with Gasteiger partial charge in [-0.2, -0.15) is 0 Å². The number of hydrogen-bond donors (Lipinski definition) is 1. The topological polar surface area (TPSA) is 26.0 Å². The highest BCUT2D eigenvalue weighted by molar-refractivity contribution is 5.49. The number of benzene rings is 2. The molecule has 2 N–H and O–H groups in total. The number of nitrogens with two attached hydrogens (primary N) is 1. The normalized spacial score (nSPS) is 12.6. The molecule has 0 heterocycles. The van der Waals surface area contributed by atoms with Gasteiger partial charge in [-0.15, -0.1) is 0 Å². The Bertz CT molecular complexity index is 607. The van der Waals surface area contributed by atoms with E-state index in [-0.39, 0.29) is 6.04 Å². The average Bonchev–Trinajstić information content (AvgIpc) is 2.35.